The van der Waals surface area contributed by atoms with Gasteiger partial charge in [-0.05, 0) is 55.5 Å². The van der Waals surface area contributed by atoms with Gasteiger partial charge in [-0.15, -0.1) is 0 Å². The molecular formula is C18H22N2O3S. The lowest BCUT2D eigenvalue weighted by atomic mass is 9.99. The van der Waals surface area contributed by atoms with Crippen LogP contribution in [0.5, 0.6) is 5.75 Å². The van der Waals surface area contributed by atoms with E-state index in [9.17, 15) is 8.42 Å². The number of benzene rings is 1. The number of ether oxygens (including phenoxy) is 1. The molecule has 0 saturated heterocycles. The molecule has 1 atom stereocenters. The van der Waals surface area contributed by atoms with Gasteiger partial charge >= 0.3 is 0 Å². The van der Waals surface area contributed by atoms with E-state index in [0.717, 1.165) is 41.0 Å². The summed E-state index contributed by atoms with van der Waals surface area (Å²) in [5.74, 6) is 1.25. The molecule has 1 fully saturated rings. The molecular weight excluding hydrogens is 324 g/mol. The van der Waals surface area contributed by atoms with E-state index in [1.807, 2.05) is 36.5 Å². The number of methoxy groups -OCH3 is 1. The van der Waals surface area contributed by atoms with Gasteiger partial charge in [-0.25, -0.2) is 13.6 Å². The van der Waals surface area contributed by atoms with E-state index >= 15 is 0 Å². The molecule has 1 heterocycles. The number of primary sulfonamides is 1. The summed E-state index contributed by atoms with van der Waals surface area (Å²) in [6, 6.07) is 9.79. The van der Waals surface area contributed by atoms with Crippen molar-refractivity contribution in [1.82, 2.24) is 4.98 Å². The Hall–Kier alpha value is -1.92. The summed E-state index contributed by atoms with van der Waals surface area (Å²) in [6.07, 6.45) is 4.49. The van der Waals surface area contributed by atoms with E-state index in [4.69, 9.17) is 9.88 Å². The molecule has 0 spiro atoms. The number of aromatic nitrogens is 1. The van der Waals surface area contributed by atoms with Crippen molar-refractivity contribution >= 4 is 10.0 Å². The van der Waals surface area contributed by atoms with E-state index in [1.54, 1.807) is 14.0 Å². The Kier molecular flexibility index (Phi) is 4.60. The fourth-order valence-corrected chi connectivity index (χ4v) is 3.19. The Morgan fingerprint density at radius 3 is 2.46 bits per heavy atom. The summed E-state index contributed by atoms with van der Waals surface area (Å²) < 4.78 is 28.4. The second-order valence-corrected chi connectivity index (χ2v) is 8.36. The summed E-state index contributed by atoms with van der Waals surface area (Å²) in [4.78, 5) is 4.63. The van der Waals surface area contributed by atoms with Crippen LogP contribution in [0.1, 0.15) is 36.9 Å². The van der Waals surface area contributed by atoms with E-state index in [2.05, 4.69) is 4.98 Å². The third-order valence-electron chi connectivity index (χ3n) is 4.46. The Morgan fingerprint density at radius 1 is 1.25 bits per heavy atom. The highest BCUT2D eigenvalue weighted by atomic mass is 32.2. The Morgan fingerprint density at radius 2 is 1.92 bits per heavy atom. The molecule has 1 aliphatic rings. The van der Waals surface area contributed by atoms with Crippen LogP contribution in [0.3, 0.4) is 0 Å². The highest BCUT2D eigenvalue weighted by Crippen LogP contribution is 2.41. The van der Waals surface area contributed by atoms with Crippen LogP contribution in [0.15, 0.2) is 36.5 Å². The third kappa shape index (κ3) is 3.76. The molecule has 0 bridgehead atoms. The molecule has 1 aliphatic carbocycles. The van der Waals surface area contributed by atoms with Gasteiger partial charge in [0, 0.05) is 23.4 Å². The molecule has 3 rings (SSSR count). The van der Waals surface area contributed by atoms with Crippen LogP contribution in [-0.4, -0.2) is 25.8 Å². The van der Waals surface area contributed by atoms with Gasteiger partial charge in [0.15, 0.2) is 0 Å². The van der Waals surface area contributed by atoms with Crippen LogP contribution in [0.2, 0.25) is 0 Å². The van der Waals surface area contributed by atoms with Crippen molar-refractivity contribution in [1.29, 1.82) is 0 Å². The molecule has 1 aromatic carbocycles. The largest absolute Gasteiger partial charge is 0.497 e. The fourth-order valence-electron chi connectivity index (χ4n) is 2.78. The van der Waals surface area contributed by atoms with Gasteiger partial charge in [-0.1, -0.05) is 12.1 Å². The predicted octanol–water partition coefficient (Wildman–Crippen LogP) is 2.85. The average Bonchev–Trinajstić information content (AvgIpc) is 3.39. The van der Waals surface area contributed by atoms with E-state index in [1.165, 1.54) is 0 Å². The molecule has 6 heteroatoms. The fraction of sp³-hybridized carbons (Fsp3) is 0.389. The van der Waals surface area contributed by atoms with Gasteiger partial charge < -0.3 is 4.74 Å². The molecule has 0 radical (unpaired) electrons. The minimum atomic E-state index is -3.55. The molecule has 5 nitrogen and oxygen atoms in total. The van der Waals surface area contributed by atoms with Gasteiger partial charge in [0.1, 0.15) is 5.75 Å². The second-order valence-electron chi connectivity index (χ2n) is 6.37. The Balaban J connectivity index is 1.95. The highest BCUT2D eigenvalue weighted by Gasteiger charge is 2.29. The second kappa shape index (κ2) is 6.53. The molecule has 24 heavy (non-hydrogen) atoms. The van der Waals surface area contributed by atoms with E-state index < -0.39 is 15.3 Å². The summed E-state index contributed by atoms with van der Waals surface area (Å²) in [7, 11) is -1.92. The van der Waals surface area contributed by atoms with Gasteiger partial charge in [-0.2, -0.15) is 0 Å². The summed E-state index contributed by atoms with van der Waals surface area (Å²) in [5, 5.41) is 4.67. The van der Waals surface area contributed by atoms with Gasteiger partial charge in [0.05, 0.1) is 12.4 Å². The lowest BCUT2D eigenvalue weighted by Gasteiger charge is -2.14. The van der Waals surface area contributed by atoms with Crippen molar-refractivity contribution in [2.24, 2.45) is 5.14 Å². The molecule has 1 saturated carbocycles. The molecule has 2 N–H and O–H groups in total. The predicted molar refractivity (Wildman–Crippen MR) is 94.5 cm³/mol. The number of sulfonamides is 1. The van der Waals surface area contributed by atoms with Crippen molar-refractivity contribution < 1.29 is 13.2 Å². The van der Waals surface area contributed by atoms with E-state index in [-0.39, 0.29) is 0 Å². The van der Waals surface area contributed by atoms with Crippen molar-refractivity contribution in [2.75, 3.05) is 7.11 Å². The first-order valence-corrected chi connectivity index (χ1v) is 9.64. The normalized spacial score (nSPS) is 16.0. The monoisotopic (exact) mass is 346 g/mol. The van der Waals surface area contributed by atoms with Crippen LogP contribution in [0.4, 0.5) is 0 Å². The Bertz CT molecular complexity index is 828. The Labute approximate surface area is 142 Å². The maximum absolute atomic E-state index is 11.6. The zero-order chi connectivity index (χ0) is 17.3. The standard InChI is InChI=1S/C18H22N2O3S/c1-12(24(19,21)22)9-15-10-16(11-20-18(15)14-3-4-14)13-5-7-17(23-2)8-6-13/h5-8,10-12,14H,3-4,9H2,1-2H3,(H2,19,21,22). The van der Waals surface area contributed by atoms with E-state index in [0.29, 0.717) is 12.3 Å². The number of hydrogen-bond acceptors (Lipinski definition) is 4. The molecule has 0 aliphatic heterocycles. The number of nitrogens with zero attached hydrogens (tertiary/aromatic N) is 1. The molecule has 0 amide bonds. The van der Waals surface area contributed by atoms with Crippen LogP contribution < -0.4 is 9.88 Å². The summed E-state index contributed by atoms with van der Waals surface area (Å²) in [5.41, 5.74) is 3.99. The van der Waals surface area contributed by atoms with Gasteiger partial charge in [-0.3, -0.25) is 4.98 Å². The third-order valence-corrected chi connectivity index (χ3v) is 5.75. The first kappa shape index (κ1) is 16.9. The number of rotatable bonds is 6. The van der Waals surface area contributed by atoms with Crippen LogP contribution in [0.25, 0.3) is 11.1 Å². The van der Waals surface area contributed by atoms with Crippen LogP contribution in [0, 0.1) is 0 Å². The maximum Gasteiger partial charge on any atom is 0.212 e. The average molecular weight is 346 g/mol. The lowest BCUT2D eigenvalue weighted by Crippen LogP contribution is -2.28. The molecule has 128 valence electrons. The zero-order valence-electron chi connectivity index (χ0n) is 13.9. The van der Waals surface area contributed by atoms with Gasteiger partial charge in [0.25, 0.3) is 0 Å². The summed E-state index contributed by atoms with van der Waals surface area (Å²) >= 11 is 0. The molecule has 1 unspecified atom stereocenters. The zero-order valence-corrected chi connectivity index (χ0v) is 14.7. The number of pyridine rings is 1. The quantitative estimate of drug-likeness (QED) is 0.872. The van der Waals surface area contributed by atoms with Gasteiger partial charge in [0.2, 0.25) is 10.0 Å². The van der Waals surface area contributed by atoms with Crippen LogP contribution in [-0.2, 0) is 16.4 Å². The molecule has 1 aromatic heterocycles. The molecule has 2 aromatic rings. The number of hydrogen-bond donors (Lipinski definition) is 1. The number of nitrogens with two attached hydrogens (primary N) is 1. The smallest absolute Gasteiger partial charge is 0.212 e. The van der Waals surface area contributed by atoms with Crippen molar-refractivity contribution in [3.8, 4) is 16.9 Å². The maximum atomic E-state index is 11.6. The minimum Gasteiger partial charge on any atom is -0.497 e. The van der Waals surface area contributed by atoms with Crippen molar-refractivity contribution in [3.05, 3.63) is 47.8 Å². The SMILES string of the molecule is COc1ccc(-c2cnc(C3CC3)c(CC(C)S(N)(=O)=O)c2)cc1. The highest BCUT2D eigenvalue weighted by molar-refractivity contribution is 7.89. The summed E-state index contributed by atoms with van der Waals surface area (Å²) in [6.45, 7) is 1.64. The first-order chi connectivity index (χ1) is 11.4. The lowest BCUT2D eigenvalue weighted by molar-refractivity contribution is 0.415. The minimum absolute atomic E-state index is 0.391. The van der Waals surface area contributed by atoms with Crippen molar-refractivity contribution in [3.63, 3.8) is 0 Å². The van der Waals surface area contributed by atoms with Crippen LogP contribution >= 0.6 is 0 Å². The van der Waals surface area contributed by atoms with Crippen molar-refractivity contribution in [2.45, 2.75) is 37.4 Å². The topological polar surface area (TPSA) is 82.3 Å². The first-order valence-electron chi connectivity index (χ1n) is 8.03.